The van der Waals surface area contributed by atoms with Crippen molar-refractivity contribution in [2.45, 2.75) is 26.4 Å². The zero-order valence-electron chi connectivity index (χ0n) is 13.3. The van der Waals surface area contributed by atoms with E-state index < -0.39 is 6.10 Å². The Hall–Kier alpha value is -1.46. The van der Waals surface area contributed by atoms with Crippen LogP contribution in [0, 0.1) is 11.8 Å². The van der Waals surface area contributed by atoms with Crippen LogP contribution in [-0.2, 0) is 0 Å². The Morgan fingerprint density at radius 1 is 1.23 bits per heavy atom. The molecule has 0 unspecified atom stereocenters. The summed E-state index contributed by atoms with van der Waals surface area (Å²) in [6.45, 7) is 7.89. The summed E-state index contributed by atoms with van der Waals surface area (Å²) in [5.41, 5.74) is 0. The van der Waals surface area contributed by atoms with Crippen LogP contribution >= 0.6 is 0 Å². The number of nitrogens with zero attached hydrogens (tertiary/aromatic N) is 1. The molecule has 0 aromatic heterocycles. The monoisotopic (exact) mass is 307 g/mol. The minimum atomic E-state index is -0.483. The summed E-state index contributed by atoms with van der Waals surface area (Å²) < 4.78 is 16.3. The molecule has 1 saturated heterocycles. The summed E-state index contributed by atoms with van der Waals surface area (Å²) in [5, 5.41) is 10.2. The van der Waals surface area contributed by atoms with Gasteiger partial charge in [0.15, 0.2) is 11.5 Å². The van der Waals surface area contributed by atoms with Gasteiger partial charge >= 0.3 is 0 Å². The highest BCUT2D eigenvalue weighted by atomic mass is 16.7. The van der Waals surface area contributed by atoms with Gasteiger partial charge in [0.1, 0.15) is 18.5 Å². The Kier molecular flexibility index (Phi) is 4.74. The molecule has 22 heavy (non-hydrogen) atoms. The van der Waals surface area contributed by atoms with Gasteiger partial charge in [0.05, 0.1) is 0 Å². The summed E-state index contributed by atoms with van der Waals surface area (Å²) in [7, 11) is 0. The third kappa shape index (κ3) is 3.84. The Morgan fingerprint density at radius 2 is 1.95 bits per heavy atom. The van der Waals surface area contributed by atoms with E-state index in [0.717, 1.165) is 18.8 Å². The number of hydrogen-bond acceptors (Lipinski definition) is 5. The Labute approximate surface area is 131 Å². The van der Waals surface area contributed by atoms with Crippen LogP contribution in [0.1, 0.15) is 20.3 Å². The van der Waals surface area contributed by atoms with Crippen LogP contribution in [0.5, 0.6) is 17.2 Å². The van der Waals surface area contributed by atoms with E-state index in [1.165, 1.54) is 6.42 Å². The number of hydrogen-bond donors (Lipinski definition) is 1. The van der Waals surface area contributed by atoms with Crippen molar-refractivity contribution in [3.63, 3.8) is 0 Å². The highest BCUT2D eigenvalue weighted by molar-refractivity contribution is 5.46. The second-order valence-electron chi connectivity index (χ2n) is 6.64. The summed E-state index contributed by atoms with van der Waals surface area (Å²) in [6.07, 6.45) is 0.795. The maximum Gasteiger partial charge on any atom is 0.231 e. The minimum absolute atomic E-state index is 0.257. The zero-order valence-corrected chi connectivity index (χ0v) is 13.3. The second-order valence-corrected chi connectivity index (χ2v) is 6.64. The lowest BCUT2D eigenvalue weighted by atomic mass is 9.92. The Morgan fingerprint density at radius 3 is 2.73 bits per heavy atom. The fourth-order valence-electron chi connectivity index (χ4n) is 3.45. The number of aliphatic hydroxyl groups excluding tert-OH is 1. The summed E-state index contributed by atoms with van der Waals surface area (Å²) >= 11 is 0. The van der Waals surface area contributed by atoms with E-state index in [1.54, 1.807) is 6.07 Å². The number of ether oxygens (including phenoxy) is 3. The largest absolute Gasteiger partial charge is 0.491 e. The first-order valence-corrected chi connectivity index (χ1v) is 8.03. The van der Waals surface area contributed by atoms with Crippen molar-refractivity contribution in [2.75, 3.05) is 33.0 Å². The molecule has 0 saturated carbocycles. The van der Waals surface area contributed by atoms with Crippen LogP contribution in [0.4, 0.5) is 0 Å². The Bertz CT molecular complexity index is 497. The van der Waals surface area contributed by atoms with Crippen molar-refractivity contribution in [1.82, 2.24) is 4.90 Å². The van der Waals surface area contributed by atoms with E-state index >= 15 is 0 Å². The molecule has 0 aliphatic carbocycles. The van der Waals surface area contributed by atoms with Crippen LogP contribution in [-0.4, -0.2) is 49.1 Å². The van der Waals surface area contributed by atoms with Crippen LogP contribution in [0.2, 0.25) is 0 Å². The predicted octanol–water partition coefficient (Wildman–Crippen LogP) is 2.13. The number of likely N-dealkylation sites (tertiary alicyclic amines) is 1. The second kappa shape index (κ2) is 6.75. The van der Waals surface area contributed by atoms with Gasteiger partial charge < -0.3 is 24.2 Å². The van der Waals surface area contributed by atoms with Crippen LogP contribution < -0.4 is 14.2 Å². The predicted molar refractivity (Wildman–Crippen MR) is 83.5 cm³/mol. The van der Waals surface area contributed by atoms with E-state index in [0.29, 0.717) is 36.5 Å². The third-order valence-electron chi connectivity index (χ3n) is 4.20. The zero-order chi connectivity index (χ0) is 15.5. The highest BCUT2D eigenvalue weighted by Crippen LogP contribution is 2.35. The molecule has 1 aromatic carbocycles. The van der Waals surface area contributed by atoms with Crippen molar-refractivity contribution in [3.8, 4) is 17.2 Å². The number of fused-ring (bicyclic) bond motifs is 1. The maximum absolute atomic E-state index is 10.2. The average Bonchev–Trinajstić information content (AvgIpc) is 2.91. The molecule has 3 rings (SSSR count). The van der Waals surface area contributed by atoms with Crippen molar-refractivity contribution < 1.29 is 19.3 Å². The van der Waals surface area contributed by atoms with Gasteiger partial charge in [0.2, 0.25) is 6.79 Å². The van der Waals surface area contributed by atoms with Crippen LogP contribution in [0.3, 0.4) is 0 Å². The van der Waals surface area contributed by atoms with Crippen LogP contribution in [0.15, 0.2) is 18.2 Å². The first-order valence-electron chi connectivity index (χ1n) is 8.03. The molecule has 0 bridgehead atoms. The molecule has 5 heteroatoms. The standard InChI is InChI=1S/C17H25NO4/c1-12-5-13(2)8-18(7-12)9-14(19)10-20-15-3-4-16-17(6-15)22-11-21-16/h3-4,6,12-14,19H,5,7-11H2,1-2H3/t12-,13-,14+/m1/s1. The van der Waals surface area contributed by atoms with E-state index in [-0.39, 0.29) is 6.79 Å². The molecule has 2 heterocycles. The fourth-order valence-corrected chi connectivity index (χ4v) is 3.45. The minimum Gasteiger partial charge on any atom is -0.491 e. The number of aliphatic hydroxyl groups is 1. The molecule has 2 aliphatic rings. The van der Waals surface area contributed by atoms with Gasteiger partial charge in [0, 0.05) is 25.7 Å². The number of rotatable bonds is 5. The van der Waals surface area contributed by atoms with Gasteiger partial charge in [0.25, 0.3) is 0 Å². The average molecular weight is 307 g/mol. The summed E-state index contributed by atoms with van der Waals surface area (Å²) in [5.74, 6) is 3.54. The molecular formula is C17H25NO4. The van der Waals surface area contributed by atoms with Crippen molar-refractivity contribution >= 4 is 0 Å². The van der Waals surface area contributed by atoms with Gasteiger partial charge in [-0.15, -0.1) is 0 Å². The van der Waals surface area contributed by atoms with E-state index in [1.807, 2.05) is 12.1 Å². The van der Waals surface area contributed by atoms with Crippen molar-refractivity contribution in [2.24, 2.45) is 11.8 Å². The topological polar surface area (TPSA) is 51.2 Å². The normalized spacial score (nSPS) is 26.0. The lowest BCUT2D eigenvalue weighted by molar-refractivity contribution is 0.0428. The molecule has 0 amide bonds. The summed E-state index contributed by atoms with van der Waals surface area (Å²) in [4.78, 5) is 2.34. The molecule has 0 spiro atoms. The van der Waals surface area contributed by atoms with Gasteiger partial charge in [-0.1, -0.05) is 13.8 Å². The number of β-amino-alcohol motifs (C(OH)–C–C–N with tert-alkyl or cyclic N) is 1. The van der Waals surface area contributed by atoms with Crippen molar-refractivity contribution in [3.05, 3.63) is 18.2 Å². The smallest absolute Gasteiger partial charge is 0.231 e. The highest BCUT2D eigenvalue weighted by Gasteiger charge is 2.23. The molecule has 1 fully saturated rings. The lowest BCUT2D eigenvalue weighted by Gasteiger charge is -2.35. The van der Waals surface area contributed by atoms with Gasteiger partial charge in [-0.2, -0.15) is 0 Å². The number of piperidine rings is 1. The molecule has 5 nitrogen and oxygen atoms in total. The van der Waals surface area contributed by atoms with Gasteiger partial charge in [-0.05, 0) is 30.4 Å². The summed E-state index contributed by atoms with van der Waals surface area (Å²) in [6, 6.07) is 5.48. The SMILES string of the molecule is C[C@@H]1C[C@@H](C)CN(C[C@H](O)COc2ccc3c(c2)OCO3)C1. The fraction of sp³-hybridized carbons (Fsp3) is 0.647. The molecule has 2 aliphatic heterocycles. The van der Waals surface area contributed by atoms with E-state index in [9.17, 15) is 5.11 Å². The quantitative estimate of drug-likeness (QED) is 0.903. The maximum atomic E-state index is 10.2. The van der Waals surface area contributed by atoms with E-state index in [4.69, 9.17) is 14.2 Å². The Balaban J connectivity index is 1.47. The molecule has 1 aromatic rings. The molecule has 122 valence electrons. The van der Waals surface area contributed by atoms with Gasteiger partial charge in [-0.25, -0.2) is 0 Å². The molecule has 3 atom stereocenters. The van der Waals surface area contributed by atoms with Gasteiger partial charge in [-0.3, -0.25) is 0 Å². The number of benzene rings is 1. The molecule has 0 radical (unpaired) electrons. The van der Waals surface area contributed by atoms with E-state index in [2.05, 4.69) is 18.7 Å². The van der Waals surface area contributed by atoms with Crippen LogP contribution in [0.25, 0.3) is 0 Å². The lowest BCUT2D eigenvalue weighted by Crippen LogP contribution is -2.43. The molecular weight excluding hydrogens is 282 g/mol. The molecule has 1 N–H and O–H groups in total. The third-order valence-corrected chi connectivity index (χ3v) is 4.20. The first-order chi connectivity index (χ1) is 10.6. The van der Waals surface area contributed by atoms with Crippen molar-refractivity contribution in [1.29, 1.82) is 0 Å². The first kappa shape index (κ1) is 15.4.